The van der Waals surface area contributed by atoms with Gasteiger partial charge in [-0.05, 0) is 30.3 Å². The van der Waals surface area contributed by atoms with Crippen molar-refractivity contribution in [3.05, 3.63) is 75.1 Å². The van der Waals surface area contributed by atoms with Crippen molar-refractivity contribution in [2.45, 2.75) is 6.54 Å². The molecule has 0 aliphatic rings. The van der Waals surface area contributed by atoms with E-state index in [0.717, 1.165) is 4.68 Å². The lowest BCUT2D eigenvalue weighted by Gasteiger charge is -2.12. The van der Waals surface area contributed by atoms with Gasteiger partial charge in [0.2, 0.25) is 5.91 Å². The number of carbonyl (C=O) groups excluding carboxylic acids is 1. The number of anilines is 1. The molecule has 1 aromatic heterocycles. The third-order valence-electron chi connectivity index (χ3n) is 4.22. The number of ether oxygens (including phenoxy) is 2. The minimum atomic E-state index is -0.631. The number of aromatic nitrogens is 2. The predicted octanol–water partition coefficient (Wildman–Crippen LogP) is 2.47. The summed E-state index contributed by atoms with van der Waals surface area (Å²) in [6, 6.07) is 13.6. The number of benzene rings is 2. The summed E-state index contributed by atoms with van der Waals surface area (Å²) in [6.07, 6.45) is 0. The number of nitrogens with zero attached hydrogens (tertiary/aromatic N) is 3. The van der Waals surface area contributed by atoms with Gasteiger partial charge in [0.05, 0.1) is 24.8 Å². The molecule has 1 amide bonds. The Bertz CT molecular complexity index is 1160. The molecule has 2 aromatic carbocycles. The zero-order valence-electron chi connectivity index (χ0n) is 16.2. The Kier molecular flexibility index (Phi) is 6.06. The first-order valence-corrected chi connectivity index (χ1v) is 8.76. The summed E-state index contributed by atoms with van der Waals surface area (Å²) in [5, 5.41) is 17.8. The number of hydrogen-bond donors (Lipinski definition) is 1. The Labute approximate surface area is 170 Å². The summed E-state index contributed by atoms with van der Waals surface area (Å²) >= 11 is 0. The highest BCUT2D eigenvalue weighted by atomic mass is 16.6. The number of hydrogen-bond acceptors (Lipinski definition) is 7. The van der Waals surface area contributed by atoms with Gasteiger partial charge in [0, 0.05) is 17.7 Å². The number of amides is 1. The number of nitro groups is 1. The van der Waals surface area contributed by atoms with E-state index in [2.05, 4.69) is 10.4 Å². The van der Waals surface area contributed by atoms with Gasteiger partial charge in [-0.15, -0.1) is 0 Å². The van der Waals surface area contributed by atoms with E-state index < -0.39 is 22.9 Å². The molecule has 3 aromatic rings. The smallest absolute Gasteiger partial charge is 0.292 e. The molecule has 1 heterocycles. The summed E-state index contributed by atoms with van der Waals surface area (Å²) in [5.74, 6) is 0.450. The molecule has 10 nitrogen and oxygen atoms in total. The quantitative estimate of drug-likeness (QED) is 0.468. The summed E-state index contributed by atoms with van der Waals surface area (Å²) in [6.45, 7) is -0.426. The van der Waals surface area contributed by atoms with Crippen LogP contribution in [-0.2, 0) is 11.3 Å². The van der Waals surface area contributed by atoms with Gasteiger partial charge in [-0.1, -0.05) is 12.1 Å². The number of carbonyl (C=O) groups is 1. The lowest BCUT2D eigenvalue weighted by Crippen LogP contribution is -2.29. The number of nitrogens with one attached hydrogen (secondary N) is 1. The Morgan fingerprint density at radius 2 is 1.90 bits per heavy atom. The van der Waals surface area contributed by atoms with Gasteiger partial charge >= 0.3 is 0 Å². The molecule has 0 aliphatic carbocycles. The average Bonchev–Trinajstić information content (AvgIpc) is 2.75. The molecule has 154 valence electrons. The van der Waals surface area contributed by atoms with E-state index in [9.17, 15) is 19.7 Å². The van der Waals surface area contributed by atoms with Crippen molar-refractivity contribution in [2.75, 3.05) is 19.5 Å². The fourth-order valence-corrected chi connectivity index (χ4v) is 2.78. The number of para-hydroxylation sites is 2. The fourth-order valence-electron chi connectivity index (χ4n) is 2.78. The van der Waals surface area contributed by atoms with E-state index in [-0.39, 0.29) is 11.4 Å². The molecule has 0 saturated carbocycles. The first-order chi connectivity index (χ1) is 14.4. The normalized spacial score (nSPS) is 10.3. The lowest BCUT2D eigenvalue weighted by molar-refractivity contribution is -0.383. The third kappa shape index (κ3) is 4.43. The fraction of sp³-hybridized carbons (Fsp3) is 0.150. The summed E-state index contributed by atoms with van der Waals surface area (Å²) in [7, 11) is 3.02. The van der Waals surface area contributed by atoms with Crippen LogP contribution in [0.15, 0.2) is 59.4 Å². The topological polar surface area (TPSA) is 126 Å². The van der Waals surface area contributed by atoms with Gasteiger partial charge in [0.15, 0.2) is 0 Å². The van der Waals surface area contributed by atoms with Crippen LogP contribution in [-0.4, -0.2) is 34.8 Å². The standard InChI is InChI=1S/C20H18N4O6/c1-29-13-7-9-18(30-2)14(11-13)15-8-10-20(26)23(22-15)12-19(25)21-16-5-3-4-6-17(16)24(27)28/h3-11H,12H2,1-2H3,(H,21,25). The second kappa shape index (κ2) is 8.86. The van der Waals surface area contributed by atoms with Crippen LogP contribution in [0.4, 0.5) is 11.4 Å². The van der Waals surface area contributed by atoms with E-state index in [4.69, 9.17) is 9.47 Å². The number of rotatable bonds is 7. The third-order valence-corrected chi connectivity index (χ3v) is 4.22. The van der Waals surface area contributed by atoms with Gasteiger partial charge in [0.25, 0.3) is 11.2 Å². The molecular formula is C20H18N4O6. The lowest BCUT2D eigenvalue weighted by atomic mass is 10.1. The molecule has 3 rings (SSSR count). The molecule has 0 saturated heterocycles. The molecule has 0 radical (unpaired) electrons. The number of methoxy groups -OCH3 is 2. The minimum Gasteiger partial charge on any atom is -0.497 e. The molecule has 30 heavy (non-hydrogen) atoms. The van der Waals surface area contributed by atoms with Crippen molar-refractivity contribution in [2.24, 2.45) is 0 Å². The minimum absolute atomic E-state index is 0.0335. The molecule has 0 spiro atoms. The largest absolute Gasteiger partial charge is 0.497 e. The van der Waals surface area contributed by atoms with E-state index in [1.54, 1.807) is 24.3 Å². The second-order valence-corrected chi connectivity index (χ2v) is 6.10. The molecule has 0 fully saturated rings. The van der Waals surface area contributed by atoms with Gasteiger partial charge in [-0.2, -0.15) is 5.10 Å². The Morgan fingerprint density at radius 3 is 2.60 bits per heavy atom. The molecule has 10 heteroatoms. The maximum absolute atomic E-state index is 12.4. The highest BCUT2D eigenvalue weighted by Gasteiger charge is 2.16. The summed E-state index contributed by atoms with van der Waals surface area (Å²) < 4.78 is 11.5. The van der Waals surface area contributed by atoms with Gasteiger partial charge in [0.1, 0.15) is 23.7 Å². The van der Waals surface area contributed by atoms with Crippen LogP contribution in [0.5, 0.6) is 11.5 Å². The highest BCUT2D eigenvalue weighted by Crippen LogP contribution is 2.31. The van der Waals surface area contributed by atoms with E-state index in [1.807, 2.05) is 0 Å². The van der Waals surface area contributed by atoms with Crippen LogP contribution in [0.25, 0.3) is 11.3 Å². The molecule has 0 unspecified atom stereocenters. The highest BCUT2D eigenvalue weighted by molar-refractivity contribution is 5.92. The van der Waals surface area contributed by atoms with Crippen molar-refractivity contribution in [1.82, 2.24) is 9.78 Å². The van der Waals surface area contributed by atoms with E-state index >= 15 is 0 Å². The average molecular weight is 410 g/mol. The zero-order valence-corrected chi connectivity index (χ0v) is 16.2. The van der Waals surface area contributed by atoms with Crippen molar-refractivity contribution in [3.63, 3.8) is 0 Å². The van der Waals surface area contributed by atoms with Crippen molar-refractivity contribution >= 4 is 17.3 Å². The summed E-state index contributed by atoms with van der Waals surface area (Å²) in [5.41, 5.74) is 0.249. The van der Waals surface area contributed by atoms with Crippen molar-refractivity contribution < 1.29 is 19.2 Å². The van der Waals surface area contributed by atoms with Crippen LogP contribution >= 0.6 is 0 Å². The maximum Gasteiger partial charge on any atom is 0.292 e. The van der Waals surface area contributed by atoms with Gasteiger partial charge < -0.3 is 14.8 Å². The molecule has 0 aliphatic heterocycles. The Morgan fingerprint density at radius 1 is 1.13 bits per heavy atom. The van der Waals surface area contributed by atoms with Crippen LogP contribution in [0, 0.1) is 10.1 Å². The van der Waals surface area contributed by atoms with E-state index in [1.165, 1.54) is 44.6 Å². The molecule has 0 bridgehead atoms. The van der Waals surface area contributed by atoms with Crippen LogP contribution in [0.1, 0.15) is 0 Å². The Balaban J connectivity index is 1.89. The summed E-state index contributed by atoms with van der Waals surface area (Å²) in [4.78, 5) is 35.1. The van der Waals surface area contributed by atoms with Gasteiger partial charge in [-0.25, -0.2) is 4.68 Å². The molecule has 1 N–H and O–H groups in total. The first-order valence-electron chi connectivity index (χ1n) is 8.76. The Hall–Kier alpha value is -4.21. The molecule has 0 atom stereocenters. The monoisotopic (exact) mass is 410 g/mol. The zero-order chi connectivity index (χ0) is 21.7. The second-order valence-electron chi connectivity index (χ2n) is 6.10. The van der Waals surface area contributed by atoms with Crippen LogP contribution in [0.2, 0.25) is 0 Å². The van der Waals surface area contributed by atoms with Crippen molar-refractivity contribution in [1.29, 1.82) is 0 Å². The SMILES string of the molecule is COc1ccc(OC)c(-c2ccc(=O)n(CC(=O)Nc3ccccc3[N+](=O)[O-])n2)c1. The van der Waals surface area contributed by atoms with Gasteiger partial charge in [-0.3, -0.25) is 19.7 Å². The van der Waals surface area contributed by atoms with Crippen LogP contribution < -0.4 is 20.3 Å². The first kappa shape index (κ1) is 20.5. The van der Waals surface area contributed by atoms with E-state index in [0.29, 0.717) is 22.8 Å². The van der Waals surface area contributed by atoms with Crippen molar-refractivity contribution in [3.8, 4) is 22.8 Å². The molecular weight excluding hydrogens is 392 g/mol. The van der Waals surface area contributed by atoms with Crippen LogP contribution in [0.3, 0.4) is 0 Å². The maximum atomic E-state index is 12.4. The predicted molar refractivity (Wildman–Crippen MR) is 109 cm³/mol. The number of nitro benzene ring substituents is 1.